The Morgan fingerprint density at radius 3 is 2.27 bits per heavy atom. The molecule has 1 aliphatic heterocycles. The molecule has 2 fully saturated rings. The van der Waals surface area contributed by atoms with Crippen molar-refractivity contribution in [1.82, 2.24) is 20.0 Å². The van der Waals surface area contributed by atoms with Crippen LogP contribution >= 0.6 is 0 Å². The second kappa shape index (κ2) is 10.8. The molecule has 2 aliphatic carbocycles. The van der Waals surface area contributed by atoms with Crippen molar-refractivity contribution in [3.8, 4) is 0 Å². The maximum absolute atomic E-state index is 13.8. The van der Waals surface area contributed by atoms with Crippen LogP contribution in [0.4, 0.5) is 10.5 Å². The van der Waals surface area contributed by atoms with Gasteiger partial charge in [0.25, 0.3) is 5.91 Å². The Morgan fingerprint density at radius 2 is 1.71 bits per heavy atom. The van der Waals surface area contributed by atoms with Crippen LogP contribution in [0.15, 0.2) is 30.5 Å². The van der Waals surface area contributed by atoms with E-state index in [1.54, 1.807) is 55.9 Å². The van der Waals surface area contributed by atoms with Gasteiger partial charge < -0.3 is 20.5 Å². The van der Waals surface area contributed by atoms with E-state index >= 15 is 0 Å². The van der Waals surface area contributed by atoms with Crippen LogP contribution < -0.4 is 10.6 Å². The van der Waals surface area contributed by atoms with Crippen molar-refractivity contribution < 1.29 is 29.0 Å². The summed E-state index contributed by atoms with van der Waals surface area (Å²) in [7, 11) is 0. The topological polar surface area (TPSA) is 143 Å². The van der Waals surface area contributed by atoms with Crippen molar-refractivity contribution in [2.45, 2.75) is 90.6 Å². The van der Waals surface area contributed by atoms with Gasteiger partial charge in [-0.1, -0.05) is 6.07 Å². The number of benzene rings is 1. The van der Waals surface area contributed by atoms with Crippen LogP contribution in [0.2, 0.25) is 0 Å². The predicted octanol–water partition coefficient (Wildman–Crippen LogP) is 4.51. The molecule has 3 aliphatic rings. The molecule has 2 saturated carbocycles. The number of hydrogen-bond acceptors (Lipinski definition) is 6. The number of nitrogens with one attached hydrogen (secondary N) is 2. The number of nitrogens with zero attached hydrogens (tertiary/aromatic N) is 3. The molecular formula is C30H39N5O6. The summed E-state index contributed by atoms with van der Waals surface area (Å²) in [5, 5.41) is 20.2. The predicted molar refractivity (Wildman–Crippen MR) is 150 cm³/mol. The van der Waals surface area contributed by atoms with Crippen LogP contribution in [0.1, 0.15) is 94.0 Å². The molecule has 1 unspecified atom stereocenters. The third-order valence-corrected chi connectivity index (χ3v) is 7.90. The summed E-state index contributed by atoms with van der Waals surface area (Å²) in [6.07, 6.45) is 5.04. The van der Waals surface area contributed by atoms with E-state index in [1.165, 1.54) is 4.90 Å². The number of hydrogen-bond donors (Lipinski definition) is 3. The lowest BCUT2D eigenvalue weighted by Crippen LogP contribution is -2.50. The highest BCUT2D eigenvalue weighted by Gasteiger charge is 2.48. The van der Waals surface area contributed by atoms with E-state index < -0.39 is 29.7 Å². The lowest BCUT2D eigenvalue weighted by Gasteiger charge is -2.28. The first-order chi connectivity index (χ1) is 19.3. The third-order valence-electron chi connectivity index (χ3n) is 7.90. The highest BCUT2D eigenvalue weighted by Crippen LogP contribution is 2.51. The molecular weight excluding hydrogens is 526 g/mol. The Balaban J connectivity index is 1.37. The molecule has 11 nitrogen and oxygen atoms in total. The maximum Gasteiger partial charge on any atom is 0.411 e. The van der Waals surface area contributed by atoms with Gasteiger partial charge in [-0.2, -0.15) is 5.10 Å². The number of carboxylic acid groups (broad SMARTS) is 1. The number of carbonyl (C=O) groups is 4. The molecule has 2 heterocycles. The van der Waals surface area contributed by atoms with E-state index in [1.807, 2.05) is 13.8 Å². The van der Waals surface area contributed by atoms with Gasteiger partial charge in [0.05, 0.1) is 6.54 Å². The fourth-order valence-electron chi connectivity index (χ4n) is 5.86. The van der Waals surface area contributed by atoms with Crippen molar-refractivity contribution in [1.29, 1.82) is 0 Å². The average molecular weight is 566 g/mol. The molecule has 1 aromatic carbocycles. The fraction of sp³-hybridized carbons (Fsp3) is 0.567. The molecule has 5 rings (SSSR count). The van der Waals surface area contributed by atoms with Crippen molar-refractivity contribution >= 4 is 29.6 Å². The van der Waals surface area contributed by atoms with Crippen LogP contribution in [-0.2, 0) is 20.9 Å². The molecule has 220 valence electrons. The van der Waals surface area contributed by atoms with E-state index in [9.17, 15) is 24.3 Å². The van der Waals surface area contributed by atoms with Gasteiger partial charge in [-0.15, -0.1) is 0 Å². The lowest BCUT2D eigenvalue weighted by atomic mass is 9.88. The fourth-order valence-corrected chi connectivity index (χ4v) is 5.86. The van der Waals surface area contributed by atoms with Gasteiger partial charge in [0.15, 0.2) is 6.04 Å². The van der Waals surface area contributed by atoms with Crippen molar-refractivity contribution in [2.24, 2.45) is 17.8 Å². The molecule has 3 amide bonds. The summed E-state index contributed by atoms with van der Waals surface area (Å²) >= 11 is 0. The van der Waals surface area contributed by atoms with Crippen LogP contribution in [0.5, 0.6) is 0 Å². The summed E-state index contributed by atoms with van der Waals surface area (Å²) in [6, 6.07) is 4.70. The van der Waals surface area contributed by atoms with Gasteiger partial charge >= 0.3 is 12.1 Å². The van der Waals surface area contributed by atoms with Gasteiger partial charge in [-0.25, -0.2) is 9.59 Å². The Labute approximate surface area is 239 Å². The third kappa shape index (κ3) is 6.23. The van der Waals surface area contributed by atoms with Gasteiger partial charge in [0, 0.05) is 17.9 Å². The SMILES string of the molecule is CC(C)n1nccc1C(=O)N[C@H](C(=O)Nc1ccc2c(c1)CN(C(=O)OC(C)(C)C)C2C(=O)O)C(C1CC1)C1CC1. The smallest absolute Gasteiger partial charge is 0.411 e. The highest BCUT2D eigenvalue weighted by atomic mass is 16.6. The first kappa shape index (κ1) is 28.6. The second-order valence-corrected chi connectivity index (χ2v) is 12.7. The Bertz CT molecular complexity index is 1340. The number of rotatable bonds is 9. The monoisotopic (exact) mass is 565 g/mol. The van der Waals surface area contributed by atoms with Gasteiger partial charge in [0.1, 0.15) is 17.3 Å². The molecule has 0 spiro atoms. The first-order valence-corrected chi connectivity index (χ1v) is 14.3. The molecule has 0 saturated heterocycles. The van der Waals surface area contributed by atoms with Crippen LogP contribution in [-0.4, -0.2) is 55.3 Å². The number of ether oxygens (including phenoxy) is 1. The minimum absolute atomic E-state index is 0.0121. The standard InChI is InChI=1S/C30H39N5O6/c1-16(2)35-22(12-13-31-35)26(36)33-24(23(17-6-7-17)18-8-9-18)27(37)32-20-10-11-21-19(14-20)15-34(25(21)28(38)39)29(40)41-30(3,4)5/h10-14,16-18,23-25H,6-9,15H2,1-5H3,(H,32,37)(H,33,36)(H,38,39)/t24-,25?/m0/s1. The van der Waals surface area contributed by atoms with Crippen LogP contribution in [0.25, 0.3) is 0 Å². The van der Waals surface area contributed by atoms with Gasteiger partial charge in [-0.05, 0) is 107 Å². The van der Waals surface area contributed by atoms with E-state index in [-0.39, 0.29) is 30.3 Å². The van der Waals surface area contributed by atoms with Crippen LogP contribution in [0, 0.1) is 17.8 Å². The minimum Gasteiger partial charge on any atom is -0.479 e. The number of amides is 3. The normalized spacial score (nSPS) is 19.2. The highest BCUT2D eigenvalue weighted by molar-refractivity contribution is 6.01. The number of fused-ring (bicyclic) bond motifs is 1. The Morgan fingerprint density at radius 1 is 1.05 bits per heavy atom. The van der Waals surface area contributed by atoms with E-state index in [0.29, 0.717) is 34.3 Å². The molecule has 0 radical (unpaired) electrons. The Hall–Kier alpha value is -3.89. The summed E-state index contributed by atoms with van der Waals surface area (Å²) < 4.78 is 7.08. The number of anilines is 1. The summed E-state index contributed by atoms with van der Waals surface area (Å²) in [6.45, 7) is 9.09. The molecule has 41 heavy (non-hydrogen) atoms. The number of carboxylic acids is 1. The van der Waals surface area contributed by atoms with E-state index in [4.69, 9.17) is 4.74 Å². The summed E-state index contributed by atoms with van der Waals surface area (Å²) in [5.74, 6) is -0.975. The number of aliphatic carboxylic acids is 1. The molecule has 2 aromatic rings. The average Bonchev–Trinajstić information content (AvgIpc) is 3.80. The summed E-state index contributed by atoms with van der Waals surface area (Å²) in [4.78, 5) is 53.3. The van der Waals surface area contributed by atoms with Crippen LogP contribution in [0.3, 0.4) is 0 Å². The number of carbonyl (C=O) groups excluding carboxylic acids is 3. The molecule has 11 heteroatoms. The lowest BCUT2D eigenvalue weighted by molar-refractivity contribution is -0.143. The van der Waals surface area contributed by atoms with E-state index in [2.05, 4.69) is 15.7 Å². The molecule has 3 N–H and O–H groups in total. The number of aromatic nitrogens is 2. The quantitative estimate of drug-likeness (QED) is 0.406. The molecule has 2 atom stereocenters. The maximum atomic E-state index is 13.8. The van der Waals surface area contributed by atoms with E-state index in [0.717, 1.165) is 25.7 Å². The minimum atomic E-state index is -1.18. The largest absolute Gasteiger partial charge is 0.479 e. The van der Waals surface area contributed by atoms with Crippen molar-refractivity contribution in [2.75, 3.05) is 5.32 Å². The zero-order valence-corrected chi connectivity index (χ0v) is 24.2. The molecule has 0 bridgehead atoms. The van der Waals surface area contributed by atoms with Gasteiger partial charge in [-0.3, -0.25) is 19.2 Å². The van der Waals surface area contributed by atoms with Gasteiger partial charge in [0.2, 0.25) is 5.91 Å². The second-order valence-electron chi connectivity index (χ2n) is 12.7. The zero-order chi connectivity index (χ0) is 29.6. The first-order valence-electron chi connectivity index (χ1n) is 14.3. The zero-order valence-electron chi connectivity index (χ0n) is 24.2. The Kier molecular flexibility index (Phi) is 7.56. The summed E-state index contributed by atoms with van der Waals surface area (Å²) in [5.41, 5.74) is 1.19. The van der Waals surface area contributed by atoms with Crippen molar-refractivity contribution in [3.63, 3.8) is 0 Å². The van der Waals surface area contributed by atoms with Crippen molar-refractivity contribution in [3.05, 3.63) is 47.3 Å². The molecule has 1 aromatic heterocycles.